The predicted octanol–water partition coefficient (Wildman–Crippen LogP) is 0.168. The van der Waals surface area contributed by atoms with Gasteiger partial charge < -0.3 is 0 Å². The van der Waals surface area contributed by atoms with Crippen LogP contribution in [-0.2, 0) is 10.2 Å². The minimum Gasteiger partial charge on any atom is -0.216 e. The van der Waals surface area contributed by atoms with Gasteiger partial charge in [-0.1, -0.05) is 20.3 Å². The molecule has 0 aliphatic carbocycles. The Morgan fingerprint density at radius 3 is 2.27 bits per heavy atom. The highest BCUT2D eigenvalue weighted by molar-refractivity contribution is 7.86. The van der Waals surface area contributed by atoms with Gasteiger partial charge in [0, 0.05) is 13.6 Å². The Kier molecular flexibility index (Phi) is 3.99. The van der Waals surface area contributed by atoms with Crippen LogP contribution in [-0.4, -0.2) is 26.3 Å². The molecule has 0 radical (unpaired) electrons. The Balaban J connectivity index is 3.98. The largest absolute Gasteiger partial charge is 0.276 e. The van der Waals surface area contributed by atoms with Crippen molar-refractivity contribution < 1.29 is 8.42 Å². The lowest BCUT2D eigenvalue weighted by atomic mass is 10.1. The van der Waals surface area contributed by atoms with Crippen LogP contribution in [0.25, 0.3) is 0 Å². The molecule has 1 atom stereocenters. The molecule has 0 saturated carbocycles. The first kappa shape index (κ1) is 10.9. The molecule has 0 bridgehead atoms. The van der Waals surface area contributed by atoms with Gasteiger partial charge in [-0.2, -0.15) is 12.7 Å². The number of nitrogens with two attached hydrogens (primary N) is 1. The summed E-state index contributed by atoms with van der Waals surface area (Å²) in [6.07, 6.45) is 0.958. The fourth-order valence-electron chi connectivity index (χ4n) is 0.672. The zero-order valence-electron chi connectivity index (χ0n) is 7.24. The Labute approximate surface area is 68.6 Å². The van der Waals surface area contributed by atoms with Gasteiger partial charge in [0.15, 0.2) is 0 Å². The summed E-state index contributed by atoms with van der Waals surface area (Å²) in [4.78, 5) is 0. The zero-order chi connectivity index (χ0) is 9.07. The van der Waals surface area contributed by atoms with Gasteiger partial charge in [-0.15, -0.1) is 0 Å². The molecular weight excluding hydrogens is 164 g/mol. The van der Waals surface area contributed by atoms with Gasteiger partial charge in [-0.05, 0) is 5.92 Å². The van der Waals surface area contributed by atoms with Crippen molar-refractivity contribution in [2.75, 3.05) is 13.6 Å². The molecule has 0 heterocycles. The van der Waals surface area contributed by atoms with Crippen molar-refractivity contribution in [1.82, 2.24) is 4.31 Å². The second-order valence-electron chi connectivity index (χ2n) is 2.84. The molecule has 0 spiro atoms. The van der Waals surface area contributed by atoms with Crippen LogP contribution in [0.2, 0.25) is 0 Å². The lowest BCUT2D eigenvalue weighted by Crippen LogP contribution is -2.36. The van der Waals surface area contributed by atoms with E-state index in [1.54, 1.807) is 0 Å². The topological polar surface area (TPSA) is 63.4 Å². The molecular formula is C6H16N2O2S. The molecule has 0 rings (SSSR count). The van der Waals surface area contributed by atoms with E-state index < -0.39 is 10.2 Å². The quantitative estimate of drug-likeness (QED) is 0.670. The van der Waals surface area contributed by atoms with Crippen molar-refractivity contribution >= 4 is 10.2 Å². The molecule has 0 amide bonds. The average Bonchev–Trinajstić information content (AvgIpc) is 1.85. The molecule has 2 N–H and O–H groups in total. The smallest absolute Gasteiger partial charge is 0.216 e. The van der Waals surface area contributed by atoms with E-state index in [0.29, 0.717) is 12.5 Å². The summed E-state index contributed by atoms with van der Waals surface area (Å²) < 4.78 is 22.5. The summed E-state index contributed by atoms with van der Waals surface area (Å²) in [7, 11) is -1.99. The first-order valence-corrected chi connectivity index (χ1v) is 5.12. The molecule has 11 heavy (non-hydrogen) atoms. The van der Waals surface area contributed by atoms with Crippen molar-refractivity contribution in [1.29, 1.82) is 0 Å². The summed E-state index contributed by atoms with van der Waals surface area (Å²) in [5, 5.41) is 4.88. The lowest BCUT2D eigenvalue weighted by Gasteiger charge is -2.17. The maximum absolute atomic E-state index is 10.7. The van der Waals surface area contributed by atoms with Crippen LogP contribution in [0.1, 0.15) is 20.3 Å². The van der Waals surface area contributed by atoms with E-state index in [1.165, 1.54) is 11.4 Å². The Hall–Kier alpha value is -0.130. The van der Waals surface area contributed by atoms with E-state index in [1.807, 2.05) is 13.8 Å². The van der Waals surface area contributed by atoms with Crippen LogP contribution in [0.5, 0.6) is 0 Å². The molecule has 0 aromatic heterocycles. The summed E-state index contributed by atoms with van der Waals surface area (Å²) in [5.41, 5.74) is 0. The first-order valence-electron chi connectivity index (χ1n) is 3.62. The molecule has 0 aliphatic rings. The molecule has 1 unspecified atom stereocenters. The van der Waals surface area contributed by atoms with Crippen LogP contribution < -0.4 is 5.14 Å². The zero-order valence-corrected chi connectivity index (χ0v) is 8.06. The fraction of sp³-hybridized carbons (Fsp3) is 1.00. The van der Waals surface area contributed by atoms with Crippen LogP contribution in [0.15, 0.2) is 0 Å². The first-order chi connectivity index (χ1) is 4.88. The third kappa shape index (κ3) is 4.34. The van der Waals surface area contributed by atoms with Crippen molar-refractivity contribution in [3.8, 4) is 0 Å². The summed E-state index contributed by atoms with van der Waals surface area (Å²) in [5.74, 6) is 0.360. The minimum atomic E-state index is -3.47. The van der Waals surface area contributed by atoms with Crippen LogP contribution in [0.4, 0.5) is 0 Å². The second-order valence-corrected chi connectivity index (χ2v) is 4.49. The van der Waals surface area contributed by atoms with Gasteiger partial charge in [0.05, 0.1) is 0 Å². The second kappa shape index (κ2) is 4.04. The van der Waals surface area contributed by atoms with Gasteiger partial charge in [0.25, 0.3) is 10.2 Å². The highest BCUT2D eigenvalue weighted by atomic mass is 32.2. The molecule has 4 nitrogen and oxygen atoms in total. The van der Waals surface area contributed by atoms with Gasteiger partial charge in [0.1, 0.15) is 0 Å². The number of hydrogen-bond donors (Lipinski definition) is 1. The summed E-state index contributed by atoms with van der Waals surface area (Å²) >= 11 is 0. The van der Waals surface area contributed by atoms with E-state index in [0.717, 1.165) is 6.42 Å². The SMILES string of the molecule is CCC(C)CN(C)S(N)(=O)=O. The van der Waals surface area contributed by atoms with E-state index in [4.69, 9.17) is 5.14 Å². The number of rotatable bonds is 4. The number of hydrogen-bond acceptors (Lipinski definition) is 2. The normalized spacial score (nSPS) is 15.4. The molecule has 0 aromatic rings. The van der Waals surface area contributed by atoms with E-state index in [2.05, 4.69) is 0 Å². The molecule has 0 saturated heterocycles. The molecule has 0 aliphatic heterocycles. The van der Waals surface area contributed by atoms with Crippen LogP contribution in [0.3, 0.4) is 0 Å². The van der Waals surface area contributed by atoms with Crippen LogP contribution in [0, 0.1) is 5.92 Å². The standard InChI is InChI=1S/C6H16N2O2S/c1-4-6(2)5-8(3)11(7,9)10/h6H,4-5H2,1-3H3,(H2,7,9,10). The third-order valence-electron chi connectivity index (χ3n) is 1.70. The lowest BCUT2D eigenvalue weighted by molar-refractivity contribution is 0.394. The van der Waals surface area contributed by atoms with Crippen molar-refractivity contribution in [3.63, 3.8) is 0 Å². The monoisotopic (exact) mass is 180 g/mol. The van der Waals surface area contributed by atoms with E-state index in [9.17, 15) is 8.42 Å². The predicted molar refractivity (Wildman–Crippen MR) is 45.2 cm³/mol. The van der Waals surface area contributed by atoms with E-state index >= 15 is 0 Å². The highest BCUT2D eigenvalue weighted by Gasteiger charge is 2.13. The van der Waals surface area contributed by atoms with Crippen molar-refractivity contribution in [3.05, 3.63) is 0 Å². The molecule has 0 fully saturated rings. The fourth-order valence-corrected chi connectivity index (χ4v) is 1.13. The Morgan fingerprint density at radius 1 is 1.55 bits per heavy atom. The number of nitrogens with zero attached hydrogens (tertiary/aromatic N) is 1. The Bertz CT molecular complexity index is 201. The van der Waals surface area contributed by atoms with Gasteiger partial charge >= 0.3 is 0 Å². The third-order valence-corrected chi connectivity index (χ3v) is 2.72. The van der Waals surface area contributed by atoms with Gasteiger partial charge in [-0.3, -0.25) is 0 Å². The van der Waals surface area contributed by atoms with Gasteiger partial charge in [0.2, 0.25) is 0 Å². The summed E-state index contributed by atoms with van der Waals surface area (Å²) in [6, 6.07) is 0. The maximum atomic E-state index is 10.7. The Morgan fingerprint density at radius 2 is 2.00 bits per heavy atom. The van der Waals surface area contributed by atoms with E-state index in [-0.39, 0.29) is 0 Å². The van der Waals surface area contributed by atoms with Crippen molar-refractivity contribution in [2.45, 2.75) is 20.3 Å². The van der Waals surface area contributed by atoms with Crippen molar-refractivity contribution in [2.24, 2.45) is 11.1 Å². The highest BCUT2D eigenvalue weighted by Crippen LogP contribution is 2.03. The van der Waals surface area contributed by atoms with Crippen LogP contribution >= 0.6 is 0 Å². The summed E-state index contributed by atoms with van der Waals surface area (Å²) in [6.45, 7) is 4.50. The minimum absolute atomic E-state index is 0.360. The molecule has 5 heteroatoms. The average molecular weight is 180 g/mol. The maximum Gasteiger partial charge on any atom is 0.276 e. The molecule has 0 aromatic carbocycles. The molecule has 68 valence electrons. The van der Waals surface area contributed by atoms with Gasteiger partial charge in [-0.25, -0.2) is 5.14 Å².